The standard InChI is InChI=1S/C8H8N2S/c1-2-8(11-3-1)10-5-7-4-9(7)6-10/h1-3,5H,4,6H2. The van der Waals surface area contributed by atoms with Gasteiger partial charge in [-0.3, -0.25) is 0 Å². The summed E-state index contributed by atoms with van der Waals surface area (Å²) >= 11 is 1.80. The van der Waals surface area contributed by atoms with Crippen molar-refractivity contribution >= 4 is 16.3 Å². The summed E-state index contributed by atoms with van der Waals surface area (Å²) in [5, 5.41) is 3.47. The van der Waals surface area contributed by atoms with Crippen molar-refractivity contribution in [1.29, 1.82) is 0 Å². The van der Waals surface area contributed by atoms with E-state index in [0.717, 1.165) is 6.67 Å². The summed E-state index contributed by atoms with van der Waals surface area (Å²) in [7, 11) is 0. The van der Waals surface area contributed by atoms with Crippen LogP contribution >= 0.6 is 11.3 Å². The van der Waals surface area contributed by atoms with Crippen LogP contribution in [0.4, 0.5) is 5.00 Å². The van der Waals surface area contributed by atoms with E-state index in [4.69, 9.17) is 0 Å². The van der Waals surface area contributed by atoms with Crippen LogP contribution in [0.25, 0.3) is 0 Å². The molecule has 0 N–H and O–H groups in total. The molecule has 3 heteroatoms. The lowest BCUT2D eigenvalue weighted by Gasteiger charge is -2.13. The maximum Gasteiger partial charge on any atom is 0.0963 e. The van der Waals surface area contributed by atoms with Gasteiger partial charge in [0.1, 0.15) is 0 Å². The summed E-state index contributed by atoms with van der Waals surface area (Å²) in [4.78, 5) is 4.66. The first-order valence-electron chi connectivity index (χ1n) is 3.69. The molecule has 0 aliphatic carbocycles. The molecule has 1 fully saturated rings. The minimum absolute atomic E-state index is 1.07. The number of nitrogens with zero attached hydrogens (tertiary/aromatic N) is 2. The zero-order chi connectivity index (χ0) is 7.26. The smallest absolute Gasteiger partial charge is 0.0963 e. The fourth-order valence-electron chi connectivity index (χ4n) is 1.39. The van der Waals surface area contributed by atoms with E-state index in [1.54, 1.807) is 11.3 Å². The highest BCUT2D eigenvalue weighted by molar-refractivity contribution is 7.14. The highest BCUT2D eigenvalue weighted by Gasteiger charge is 2.33. The van der Waals surface area contributed by atoms with Gasteiger partial charge >= 0.3 is 0 Å². The minimum atomic E-state index is 1.07. The summed E-state index contributed by atoms with van der Waals surface area (Å²) in [5.41, 5.74) is 1.48. The van der Waals surface area contributed by atoms with Gasteiger partial charge in [-0.25, -0.2) is 0 Å². The van der Waals surface area contributed by atoms with Crippen molar-refractivity contribution in [2.24, 2.45) is 0 Å². The first-order chi connectivity index (χ1) is 5.43. The number of hydrogen-bond acceptors (Lipinski definition) is 3. The number of anilines is 1. The fraction of sp³-hybridized carbons (Fsp3) is 0.250. The Hall–Kier alpha value is -0.960. The third-order valence-corrected chi connectivity index (χ3v) is 2.98. The van der Waals surface area contributed by atoms with Gasteiger partial charge in [-0.1, -0.05) is 0 Å². The van der Waals surface area contributed by atoms with E-state index < -0.39 is 0 Å². The predicted octanol–water partition coefficient (Wildman–Crippen LogP) is 1.68. The van der Waals surface area contributed by atoms with E-state index in [1.807, 2.05) is 0 Å². The average molecular weight is 164 g/mol. The lowest BCUT2D eigenvalue weighted by Crippen LogP contribution is -2.17. The van der Waals surface area contributed by atoms with E-state index in [0.29, 0.717) is 0 Å². The van der Waals surface area contributed by atoms with Crippen LogP contribution in [0.1, 0.15) is 0 Å². The third kappa shape index (κ3) is 0.775. The second-order valence-corrected chi connectivity index (χ2v) is 3.81. The van der Waals surface area contributed by atoms with Crippen molar-refractivity contribution in [1.82, 2.24) is 4.90 Å². The molecule has 0 saturated carbocycles. The SMILES string of the molecule is C1=C2CN2CN1c1cccs1. The van der Waals surface area contributed by atoms with Gasteiger partial charge in [-0.15, -0.1) is 11.3 Å². The molecule has 0 atom stereocenters. The van der Waals surface area contributed by atoms with Crippen LogP contribution in [0, 0.1) is 0 Å². The van der Waals surface area contributed by atoms with Gasteiger partial charge in [0, 0.05) is 6.20 Å². The van der Waals surface area contributed by atoms with Gasteiger partial charge in [0.05, 0.1) is 23.9 Å². The van der Waals surface area contributed by atoms with E-state index in [1.165, 1.54) is 17.2 Å². The monoisotopic (exact) mass is 164 g/mol. The molecule has 1 aromatic rings. The zero-order valence-corrected chi connectivity index (χ0v) is 6.84. The first-order valence-corrected chi connectivity index (χ1v) is 4.57. The fourth-order valence-corrected chi connectivity index (χ4v) is 2.09. The van der Waals surface area contributed by atoms with Crippen molar-refractivity contribution in [3.63, 3.8) is 0 Å². The van der Waals surface area contributed by atoms with Crippen molar-refractivity contribution < 1.29 is 0 Å². The van der Waals surface area contributed by atoms with Gasteiger partial charge < -0.3 is 9.80 Å². The van der Waals surface area contributed by atoms with Crippen molar-refractivity contribution in [2.75, 3.05) is 18.1 Å². The van der Waals surface area contributed by atoms with Crippen LogP contribution < -0.4 is 4.90 Å². The van der Waals surface area contributed by atoms with Crippen LogP contribution in [-0.2, 0) is 0 Å². The minimum Gasteiger partial charge on any atom is -0.348 e. The Kier molecular flexibility index (Phi) is 0.924. The van der Waals surface area contributed by atoms with Gasteiger partial charge in [0.2, 0.25) is 0 Å². The van der Waals surface area contributed by atoms with Crippen LogP contribution in [-0.4, -0.2) is 18.1 Å². The van der Waals surface area contributed by atoms with Gasteiger partial charge in [-0.05, 0) is 17.5 Å². The largest absolute Gasteiger partial charge is 0.348 e. The molecule has 2 aliphatic rings. The number of fused-ring (bicyclic) bond motifs is 1. The van der Waals surface area contributed by atoms with E-state index in [-0.39, 0.29) is 0 Å². The molecule has 0 spiro atoms. The molecule has 1 aromatic heterocycles. The number of thiophene rings is 1. The molecule has 56 valence electrons. The van der Waals surface area contributed by atoms with Crippen LogP contribution in [0.3, 0.4) is 0 Å². The Balaban J connectivity index is 1.92. The molecule has 0 unspecified atom stereocenters. The Morgan fingerprint density at radius 2 is 2.45 bits per heavy atom. The van der Waals surface area contributed by atoms with Gasteiger partial charge in [-0.2, -0.15) is 0 Å². The van der Waals surface area contributed by atoms with E-state index in [2.05, 4.69) is 33.5 Å². The lowest BCUT2D eigenvalue weighted by atomic mass is 10.5. The molecule has 2 aliphatic heterocycles. The Morgan fingerprint density at radius 3 is 3.09 bits per heavy atom. The Labute approximate surface area is 69.3 Å². The van der Waals surface area contributed by atoms with E-state index in [9.17, 15) is 0 Å². The van der Waals surface area contributed by atoms with Crippen molar-refractivity contribution in [3.8, 4) is 0 Å². The molecule has 1 saturated heterocycles. The molecule has 0 bridgehead atoms. The molecule has 3 rings (SSSR count). The molecule has 0 aromatic carbocycles. The summed E-state index contributed by atoms with van der Waals surface area (Å²) in [5.74, 6) is 0. The van der Waals surface area contributed by atoms with Crippen LogP contribution in [0.15, 0.2) is 29.4 Å². The lowest BCUT2D eigenvalue weighted by molar-refractivity contribution is 0.616. The molecule has 0 radical (unpaired) electrons. The van der Waals surface area contributed by atoms with Crippen molar-refractivity contribution in [3.05, 3.63) is 29.4 Å². The molecular weight excluding hydrogens is 156 g/mol. The predicted molar refractivity (Wildman–Crippen MR) is 46.5 cm³/mol. The van der Waals surface area contributed by atoms with Crippen LogP contribution in [0.2, 0.25) is 0 Å². The van der Waals surface area contributed by atoms with Gasteiger partial charge in [0.25, 0.3) is 0 Å². The zero-order valence-electron chi connectivity index (χ0n) is 6.03. The normalized spacial score (nSPS) is 20.2. The quantitative estimate of drug-likeness (QED) is 0.583. The first kappa shape index (κ1) is 5.66. The average Bonchev–Trinajstić information content (AvgIpc) is 2.60. The third-order valence-electron chi connectivity index (χ3n) is 2.07. The van der Waals surface area contributed by atoms with Crippen molar-refractivity contribution in [2.45, 2.75) is 0 Å². The highest BCUT2D eigenvalue weighted by Crippen LogP contribution is 2.34. The topological polar surface area (TPSA) is 6.25 Å². The second-order valence-electron chi connectivity index (χ2n) is 2.88. The molecule has 0 amide bonds. The summed E-state index contributed by atoms with van der Waals surface area (Å²) in [6, 6.07) is 4.26. The maximum absolute atomic E-state index is 2.36. The Morgan fingerprint density at radius 1 is 1.45 bits per heavy atom. The molecule has 3 heterocycles. The second kappa shape index (κ2) is 1.80. The maximum atomic E-state index is 2.36. The van der Waals surface area contributed by atoms with Crippen LogP contribution in [0.5, 0.6) is 0 Å². The molecular formula is C8H8N2S. The molecule has 11 heavy (non-hydrogen) atoms. The van der Waals surface area contributed by atoms with E-state index >= 15 is 0 Å². The van der Waals surface area contributed by atoms with Gasteiger partial charge in [0.15, 0.2) is 0 Å². The summed E-state index contributed by atoms with van der Waals surface area (Å²) in [6.07, 6.45) is 2.24. The number of hydrogen-bond donors (Lipinski definition) is 0. The summed E-state index contributed by atoms with van der Waals surface area (Å²) in [6.45, 7) is 2.26. The summed E-state index contributed by atoms with van der Waals surface area (Å²) < 4.78 is 0. The number of rotatable bonds is 1. The highest BCUT2D eigenvalue weighted by atomic mass is 32.1. The Bertz CT molecular complexity index is 302. The molecule has 2 nitrogen and oxygen atoms in total.